The van der Waals surface area contributed by atoms with Gasteiger partial charge in [0, 0.05) is 25.3 Å². The van der Waals surface area contributed by atoms with Gasteiger partial charge >= 0.3 is 12.3 Å². The van der Waals surface area contributed by atoms with Crippen LogP contribution in [0.2, 0.25) is 11.6 Å². The van der Waals surface area contributed by atoms with Crippen LogP contribution in [-0.4, -0.2) is 55.5 Å². The van der Waals surface area contributed by atoms with Gasteiger partial charge in [-0.1, -0.05) is 27.3 Å². The number of piperidine rings is 1. The van der Waals surface area contributed by atoms with Crippen LogP contribution < -0.4 is 10.6 Å². The Bertz CT molecular complexity index is 777. The Labute approximate surface area is 184 Å². The number of hydrogen-bond donors (Lipinski definition) is 1. The van der Waals surface area contributed by atoms with E-state index >= 15 is 0 Å². The second-order valence-corrected chi connectivity index (χ2v) is 14.0. The number of nitrogens with two attached hydrogens (primary N) is 1. The quantitative estimate of drug-likeness (QED) is 0.656. The van der Waals surface area contributed by atoms with E-state index in [1.165, 1.54) is 12.4 Å². The molecule has 3 atom stereocenters. The second kappa shape index (κ2) is 8.88. The molecule has 6 nitrogen and oxygen atoms in total. The zero-order chi connectivity index (χ0) is 23.8. The molecule has 1 amide bonds. The molecule has 1 fully saturated rings. The number of ether oxygens (including phenoxy) is 1. The third kappa shape index (κ3) is 6.50. The molecule has 1 aromatic rings. The van der Waals surface area contributed by atoms with Crippen molar-refractivity contribution in [2.75, 3.05) is 23.7 Å². The van der Waals surface area contributed by atoms with Gasteiger partial charge in [0.2, 0.25) is 0 Å². The van der Waals surface area contributed by atoms with E-state index in [0.717, 1.165) is 0 Å². The summed E-state index contributed by atoms with van der Waals surface area (Å²) >= 11 is 0. The monoisotopic (exact) mass is 460 g/mol. The fourth-order valence-corrected chi connectivity index (χ4v) is 5.80. The average molecular weight is 461 g/mol. The number of carbonyl (C=O) groups excluding carboxylic acids is 1. The normalized spacial score (nSPS) is 21.5. The lowest BCUT2D eigenvalue weighted by Gasteiger charge is -2.48. The third-order valence-electron chi connectivity index (χ3n) is 5.73. The average Bonchev–Trinajstić information content (AvgIpc) is 2.59. The first-order chi connectivity index (χ1) is 14.0. The van der Waals surface area contributed by atoms with Crippen LogP contribution in [0.5, 0.6) is 0 Å². The van der Waals surface area contributed by atoms with Gasteiger partial charge in [-0.2, -0.15) is 13.2 Å². The molecule has 1 unspecified atom stereocenters. The zero-order valence-electron chi connectivity index (χ0n) is 19.5. The fraction of sp³-hybridized carbons (Fsp3) is 0.714. The van der Waals surface area contributed by atoms with Crippen molar-refractivity contribution in [3.05, 3.63) is 18.5 Å². The maximum absolute atomic E-state index is 13.9. The SMILES string of the molecule is C[SiH](N(C(=O)OC(C)(C)C)[C@H]1C[C@@H](C(F)(F)F)CN(c2ccncc2N)C1)C(C)(C)C. The standard InChI is InChI=1S/C21H35F3N4O2Si/c1-19(2,3)30-18(29)28(31(7)20(4,5)6)15-10-14(21(22,23)24)12-27(13-15)17-8-9-26-11-16(17)25/h8-9,11,14-15,31H,10,12-13,25H2,1-7H3/t14-,15+,31?/m1/s1. The highest BCUT2D eigenvalue weighted by Crippen LogP contribution is 2.40. The van der Waals surface area contributed by atoms with E-state index in [-0.39, 0.29) is 24.5 Å². The number of nitrogen functional groups attached to an aromatic ring is 1. The third-order valence-corrected chi connectivity index (χ3v) is 9.70. The van der Waals surface area contributed by atoms with Gasteiger partial charge in [-0.25, -0.2) is 4.79 Å². The summed E-state index contributed by atoms with van der Waals surface area (Å²) in [5.74, 6) is -1.58. The molecule has 2 rings (SSSR count). The lowest BCUT2D eigenvalue weighted by Crippen LogP contribution is -2.61. The molecule has 10 heteroatoms. The summed E-state index contributed by atoms with van der Waals surface area (Å²) in [6.07, 6.45) is -2.14. The molecule has 1 aliphatic rings. The van der Waals surface area contributed by atoms with Crippen molar-refractivity contribution in [2.24, 2.45) is 5.92 Å². The Morgan fingerprint density at radius 1 is 1.23 bits per heavy atom. The number of nitrogens with zero attached hydrogens (tertiary/aromatic N) is 3. The summed E-state index contributed by atoms with van der Waals surface area (Å²) in [6, 6.07) is 0.983. The molecular formula is C21H35F3N4O2Si. The number of anilines is 2. The van der Waals surface area contributed by atoms with Crippen molar-refractivity contribution >= 4 is 26.4 Å². The topological polar surface area (TPSA) is 71.7 Å². The number of pyridine rings is 1. The van der Waals surface area contributed by atoms with Gasteiger partial charge in [0.1, 0.15) is 5.60 Å². The number of carbonyl (C=O) groups is 1. The van der Waals surface area contributed by atoms with E-state index in [9.17, 15) is 18.0 Å². The van der Waals surface area contributed by atoms with Crippen LogP contribution in [0.4, 0.5) is 29.3 Å². The van der Waals surface area contributed by atoms with E-state index in [1.54, 1.807) is 36.3 Å². The first-order valence-corrected chi connectivity index (χ1v) is 12.8. The van der Waals surface area contributed by atoms with Crippen molar-refractivity contribution in [2.45, 2.75) is 77.4 Å². The van der Waals surface area contributed by atoms with Gasteiger partial charge in [-0.05, 0) is 38.3 Å². The first kappa shape index (κ1) is 25.3. The number of rotatable bonds is 3. The maximum Gasteiger partial charge on any atom is 0.402 e. The van der Waals surface area contributed by atoms with Gasteiger partial charge in [-0.3, -0.25) is 4.98 Å². The molecular weight excluding hydrogens is 425 g/mol. The fourth-order valence-electron chi connectivity index (χ4n) is 3.75. The minimum atomic E-state index is -4.38. The zero-order valence-corrected chi connectivity index (χ0v) is 20.6. The van der Waals surface area contributed by atoms with Crippen molar-refractivity contribution in [1.82, 2.24) is 9.55 Å². The molecule has 176 valence electrons. The summed E-state index contributed by atoms with van der Waals surface area (Å²) in [4.78, 5) is 18.8. The summed E-state index contributed by atoms with van der Waals surface area (Å²) in [7, 11) is -2.02. The summed E-state index contributed by atoms with van der Waals surface area (Å²) < 4.78 is 48.9. The second-order valence-electron chi connectivity index (χ2n) is 10.4. The molecule has 0 spiro atoms. The van der Waals surface area contributed by atoms with Crippen LogP contribution in [0, 0.1) is 5.92 Å². The Morgan fingerprint density at radius 3 is 2.32 bits per heavy atom. The van der Waals surface area contributed by atoms with Crippen LogP contribution >= 0.6 is 0 Å². The molecule has 1 aromatic heterocycles. The van der Waals surface area contributed by atoms with Gasteiger partial charge in [0.25, 0.3) is 0 Å². The predicted molar refractivity (Wildman–Crippen MR) is 120 cm³/mol. The van der Waals surface area contributed by atoms with Crippen LogP contribution in [0.15, 0.2) is 18.5 Å². The molecule has 1 saturated heterocycles. The minimum absolute atomic E-state index is 0.155. The number of aromatic nitrogens is 1. The van der Waals surface area contributed by atoms with Crippen molar-refractivity contribution in [3.63, 3.8) is 0 Å². The largest absolute Gasteiger partial charge is 0.444 e. The molecule has 1 aliphatic heterocycles. The van der Waals surface area contributed by atoms with Crippen molar-refractivity contribution < 1.29 is 22.7 Å². The highest BCUT2D eigenvalue weighted by Gasteiger charge is 2.48. The number of halogens is 3. The van der Waals surface area contributed by atoms with Gasteiger partial charge in [0.15, 0.2) is 8.96 Å². The highest BCUT2D eigenvalue weighted by molar-refractivity contribution is 6.60. The molecule has 2 N–H and O–H groups in total. The van der Waals surface area contributed by atoms with Gasteiger partial charge in [-0.15, -0.1) is 0 Å². The van der Waals surface area contributed by atoms with E-state index in [4.69, 9.17) is 10.5 Å². The lowest BCUT2D eigenvalue weighted by molar-refractivity contribution is -0.179. The summed E-state index contributed by atoms with van der Waals surface area (Å²) in [6.45, 7) is 13.4. The van der Waals surface area contributed by atoms with E-state index in [1.807, 2.05) is 27.3 Å². The van der Waals surface area contributed by atoms with Gasteiger partial charge < -0.3 is 19.9 Å². The number of hydrogen-bond acceptors (Lipinski definition) is 5. The highest BCUT2D eigenvalue weighted by atomic mass is 28.3. The molecule has 2 heterocycles. The van der Waals surface area contributed by atoms with Crippen molar-refractivity contribution in [3.8, 4) is 0 Å². The van der Waals surface area contributed by atoms with Gasteiger partial charge in [0.05, 0.1) is 23.5 Å². The minimum Gasteiger partial charge on any atom is -0.444 e. The van der Waals surface area contributed by atoms with Crippen LogP contribution in [0.25, 0.3) is 0 Å². The Hall–Kier alpha value is -1.97. The Balaban J connectivity index is 2.48. The molecule has 31 heavy (non-hydrogen) atoms. The van der Waals surface area contributed by atoms with Crippen molar-refractivity contribution in [1.29, 1.82) is 0 Å². The van der Waals surface area contributed by atoms with E-state index in [2.05, 4.69) is 4.98 Å². The maximum atomic E-state index is 13.9. The molecule has 0 bridgehead atoms. The smallest absolute Gasteiger partial charge is 0.402 e. The van der Waals surface area contributed by atoms with E-state index in [0.29, 0.717) is 11.4 Å². The van der Waals surface area contributed by atoms with E-state index < -0.39 is 38.8 Å². The van der Waals surface area contributed by atoms with Crippen LogP contribution in [-0.2, 0) is 4.74 Å². The first-order valence-electron chi connectivity index (χ1n) is 10.5. The lowest BCUT2D eigenvalue weighted by atomic mass is 9.93. The number of alkyl halides is 3. The summed E-state index contributed by atoms with van der Waals surface area (Å²) in [5, 5.41) is -0.220. The summed E-state index contributed by atoms with van der Waals surface area (Å²) in [5.41, 5.74) is 6.09. The molecule has 0 radical (unpaired) electrons. The Kier molecular flexibility index (Phi) is 7.24. The molecule has 0 saturated carbocycles. The predicted octanol–water partition coefficient (Wildman–Crippen LogP) is 4.81. The molecule has 0 aliphatic carbocycles. The van der Waals surface area contributed by atoms with Crippen LogP contribution in [0.3, 0.4) is 0 Å². The Morgan fingerprint density at radius 2 is 1.84 bits per heavy atom. The van der Waals surface area contributed by atoms with Crippen LogP contribution in [0.1, 0.15) is 48.0 Å². The number of amides is 1. The molecule has 0 aromatic carbocycles.